The molecule has 0 aliphatic carbocycles. The fourth-order valence-electron chi connectivity index (χ4n) is 0. The number of hydrogen-bond acceptors (Lipinski definition) is 3. The summed E-state index contributed by atoms with van der Waals surface area (Å²) >= 11 is 0. The molecule has 0 aliphatic heterocycles. The monoisotopic (exact) mass is 242 g/mol. The van der Waals surface area contributed by atoms with Gasteiger partial charge in [0.25, 0.3) is 0 Å². The zero-order valence-corrected chi connectivity index (χ0v) is 9.58. The average molecular weight is 241 g/mol. The molecule has 0 bridgehead atoms. The standard InChI is InChI=1S/C2H4O2.C2H5O.Ba/c1-2(3)4;1-2-3;/h1H3,(H,3,4);2H2,1H3;/q;-1;+2/p-1. The maximum atomic E-state index is 8.93. The molecule has 0 rings (SSSR count). The fourth-order valence-corrected chi connectivity index (χ4v) is 0. The molecule has 8 heavy (non-hydrogen) atoms. The Morgan fingerprint density at radius 1 is 1.62 bits per heavy atom. The Labute approximate surface area is 89.2 Å². The van der Waals surface area contributed by atoms with Gasteiger partial charge in [-0.25, -0.2) is 0 Å². The van der Waals surface area contributed by atoms with Crippen LogP contribution in [0.1, 0.15) is 13.8 Å². The Hall–Kier alpha value is 1.00. The minimum absolute atomic E-state index is 0. The largest absolute Gasteiger partial charge is 2.00 e. The van der Waals surface area contributed by atoms with Gasteiger partial charge in [-0.05, 0) is 6.92 Å². The minimum atomic E-state index is -1.08. The normalized spacial score (nSPS) is 5.38. The van der Waals surface area contributed by atoms with E-state index in [0.717, 1.165) is 6.92 Å². The van der Waals surface area contributed by atoms with E-state index in [1.54, 1.807) is 6.92 Å². The third kappa shape index (κ3) is 251. The molecule has 44 valence electrons. The summed E-state index contributed by atoms with van der Waals surface area (Å²) < 4.78 is 0. The van der Waals surface area contributed by atoms with Gasteiger partial charge in [0.15, 0.2) is 0 Å². The minimum Gasteiger partial charge on any atom is -0.855 e. The molecule has 0 aromatic heterocycles. The van der Waals surface area contributed by atoms with E-state index in [1.807, 2.05) is 0 Å². The summed E-state index contributed by atoms with van der Waals surface area (Å²) in [5, 5.41) is 17.8. The second-order valence-electron chi connectivity index (χ2n) is 0.780. The Kier molecular flexibility index (Phi) is 31.4. The molecule has 0 aromatic rings. The first kappa shape index (κ1) is 16.0. The molecule has 0 heterocycles. The van der Waals surface area contributed by atoms with Gasteiger partial charge in [-0.15, -0.1) is 6.61 Å². The van der Waals surface area contributed by atoms with Gasteiger partial charge in [0, 0.05) is 5.97 Å². The van der Waals surface area contributed by atoms with E-state index in [2.05, 4.69) is 0 Å². The molecule has 0 saturated carbocycles. The van der Waals surface area contributed by atoms with Gasteiger partial charge in [0.2, 0.25) is 0 Å². The molecule has 0 fully saturated rings. The van der Waals surface area contributed by atoms with E-state index in [4.69, 9.17) is 15.0 Å². The Balaban J connectivity index is -0.0000000575. The van der Waals surface area contributed by atoms with Crippen LogP contribution in [0.3, 0.4) is 0 Å². The smallest absolute Gasteiger partial charge is 0.855 e. The van der Waals surface area contributed by atoms with Crippen LogP contribution < -0.4 is 10.2 Å². The Morgan fingerprint density at radius 3 is 1.62 bits per heavy atom. The summed E-state index contributed by atoms with van der Waals surface area (Å²) in [5.74, 6) is -1.08. The van der Waals surface area contributed by atoms with Crippen molar-refractivity contribution in [2.45, 2.75) is 13.8 Å². The maximum Gasteiger partial charge on any atom is 2.00 e. The molecule has 0 spiro atoms. The quantitative estimate of drug-likeness (QED) is 0.450. The fraction of sp³-hybridized carbons (Fsp3) is 0.750. The maximum absolute atomic E-state index is 8.93. The summed E-state index contributed by atoms with van der Waals surface area (Å²) in [4.78, 5) is 8.89. The molecule has 4 heteroatoms. The number of carbonyl (C=O) groups is 1. The predicted molar refractivity (Wildman–Crippen MR) is 27.0 cm³/mol. The molecule has 0 N–H and O–H groups in total. The van der Waals surface area contributed by atoms with E-state index >= 15 is 0 Å². The summed E-state index contributed by atoms with van der Waals surface area (Å²) in [6, 6.07) is 0. The van der Waals surface area contributed by atoms with Crippen molar-refractivity contribution in [2.24, 2.45) is 0 Å². The van der Waals surface area contributed by atoms with Crippen LogP contribution in [0, 0.1) is 0 Å². The van der Waals surface area contributed by atoms with Crippen LogP contribution in [0.4, 0.5) is 0 Å². The Morgan fingerprint density at radius 2 is 1.62 bits per heavy atom. The third-order valence-corrected chi connectivity index (χ3v) is 0. The van der Waals surface area contributed by atoms with Gasteiger partial charge >= 0.3 is 48.9 Å². The van der Waals surface area contributed by atoms with Crippen molar-refractivity contribution in [2.75, 3.05) is 6.61 Å². The number of carboxylic acid groups (broad SMARTS) is 1. The van der Waals surface area contributed by atoms with Crippen LogP contribution in [0.2, 0.25) is 0 Å². The SMILES string of the molecule is CC(=O)[O-].CC[O-].[Ba+2]. The van der Waals surface area contributed by atoms with Gasteiger partial charge in [0.1, 0.15) is 0 Å². The van der Waals surface area contributed by atoms with E-state index < -0.39 is 5.97 Å². The first-order chi connectivity index (χ1) is 3.15. The van der Waals surface area contributed by atoms with Crippen LogP contribution >= 0.6 is 0 Å². The molecule has 0 aromatic carbocycles. The molecule has 0 unspecified atom stereocenters. The molecule has 0 aliphatic rings. The molecule has 0 atom stereocenters. The van der Waals surface area contributed by atoms with Crippen LogP contribution in [-0.4, -0.2) is 61.5 Å². The van der Waals surface area contributed by atoms with E-state index in [9.17, 15) is 0 Å². The molecular weight excluding hydrogens is 233 g/mol. The van der Waals surface area contributed by atoms with Gasteiger partial charge in [-0.3, -0.25) is 0 Å². The van der Waals surface area contributed by atoms with Gasteiger partial charge < -0.3 is 15.0 Å². The summed E-state index contributed by atoms with van der Waals surface area (Å²) in [6.07, 6.45) is 0. The van der Waals surface area contributed by atoms with Crippen molar-refractivity contribution in [1.29, 1.82) is 0 Å². The summed E-state index contributed by atoms with van der Waals surface area (Å²) in [6.45, 7) is 2.54. The van der Waals surface area contributed by atoms with Crippen molar-refractivity contribution in [3.8, 4) is 0 Å². The van der Waals surface area contributed by atoms with Gasteiger partial charge in [-0.1, -0.05) is 6.92 Å². The Bertz CT molecular complexity index is 42.5. The average Bonchev–Trinajstić information content (AvgIpc) is 1.33. The summed E-state index contributed by atoms with van der Waals surface area (Å²) in [7, 11) is 0. The third-order valence-electron chi connectivity index (χ3n) is 0. The summed E-state index contributed by atoms with van der Waals surface area (Å²) in [5.41, 5.74) is 0. The second-order valence-corrected chi connectivity index (χ2v) is 0.780. The predicted octanol–water partition coefficient (Wildman–Crippen LogP) is -2.26. The number of aliphatic carboxylic acids is 1. The van der Waals surface area contributed by atoms with Crippen molar-refractivity contribution in [3.63, 3.8) is 0 Å². The molecule has 0 amide bonds. The zero-order chi connectivity index (χ0) is 6.28. The van der Waals surface area contributed by atoms with Crippen molar-refractivity contribution in [3.05, 3.63) is 0 Å². The number of rotatable bonds is 0. The zero-order valence-electron chi connectivity index (χ0n) is 5.14. The van der Waals surface area contributed by atoms with Crippen LogP contribution in [0.25, 0.3) is 0 Å². The molecule has 3 nitrogen and oxygen atoms in total. The number of hydrogen-bond donors (Lipinski definition) is 0. The molecule has 0 radical (unpaired) electrons. The van der Waals surface area contributed by atoms with Crippen molar-refractivity contribution < 1.29 is 15.0 Å². The van der Waals surface area contributed by atoms with Crippen LogP contribution in [-0.2, 0) is 4.79 Å². The number of carboxylic acids is 1. The second kappa shape index (κ2) is 15.7. The van der Waals surface area contributed by atoms with Crippen LogP contribution in [0.15, 0.2) is 0 Å². The van der Waals surface area contributed by atoms with Crippen molar-refractivity contribution >= 4 is 54.9 Å². The van der Waals surface area contributed by atoms with E-state index in [1.165, 1.54) is 0 Å². The topological polar surface area (TPSA) is 63.2 Å². The van der Waals surface area contributed by atoms with E-state index in [-0.39, 0.29) is 55.5 Å². The van der Waals surface area contributed by atoms with Gasteiger partial charge in [-0.2, -0.15) is 0 Å². The van der Waals surface area contributed by atoms with Gasteiger partial charge in [0.05, 0.1) is 0 Å². The molecule has 0 saturated heterocycles. The number of carbonyl (C=O) groups excluding carboxylic acids is 1. The van der Waals surface area contributed by atoms with E-state index in [0.29, 0.717) is 0 Å². The first-order valence-electron chi connectivity index (χ1n) is 1.90. The molecular formula is C4H8BaO3. The first-order valence-corrected chi connectivity index (χ1v) is 1.90. The van der Waals surface area contributed by atoms with Crippen molar-refractivity contribution in [1.82, 2.24) is 0 Å². The van der Waals surface area contributed by atoms with Crippen LogP contribution in [0.5, 0.6) is 0 Å².